The summed E-state index contributed by atoms with van der Waals surface area (Å²) in [6.45, 7) is 1.72. The molecule has 1 aliphatic heterocycles. The number of anilines is 2. The van der Waals surface area contributed by atoms with Gasteiger partial charge in [-0.05, 0) is 60.5 Å². The molecule has 2 heterocycles. The summed E-state index contributed by atoms with van der Waals surface area (Å²) in [5.41, 5.74) is 10.7. The standard InChI is InChI=1S/C25H25N5O2S/c1-15-22(24(31)29-19-9-10-20(27)18(12-19)13-26)23(30-25(32)28-15)21-11-17(14-33-21)8-7-16-5-3-2-4-6-16/h2-6,9-14,23,26H,7-8,27H2,1H3,(H,29,31)(H2,28,30,32). The lowest BCUT2D eigenvalue weighted by atomic mass is 9.99. The number of carbonyl (C=O) groups excluding carboxylic acids is 2. The minimum Gasteiger partial charge on any atom is -0.398 e. The Hall–Kier alpha value is -3.91. The van der Waals surface area contributed by atoms with Crippen LogP contribution in [0, 0.1) is 5.41 Å². The van der Waals surface area contributed by atoms with Gasteiger partial charge >= 0.3 is 6.03 Å². The number of carbonyl (C=O) groups is 2. The Labute approximate surface area is 196 Å². The van der Waals surface area contributed by atoms with Crippen LogP contribution in [0.4, 0.5) is 16.2 Å². The van der Waals surface area contributed by atoms with Crippen LogP contribution in [0.3, 0.4) is 0 Å². The van der Waals surface area contributed by atoms with Crippen molar-refractivity contribution in [2.75, 3.05) is 11.1 Å². The Balaban J connectivity index is 1.55. The number of hydrogen-bond donors (Lipinski definition) is 5. The maximum absolute atomic E-state index is 13.2. The first-order valence-corrected chi connectivity index (χ1v) is 11.4. The van der Waals surface area contributed by atoms with E-state index in [0.29, 0.717) is 28.2 Å². The van der Waals surface area contributed by atoms with Crippen molar-refractivity contribution in [1.29, 1.82) is 5.41 Å². The number of aryl methyl sites for hydroxylation is 2. The van der Waals surface area contributed by atoms with Gasteiger partial charge in [0.1, 0.15) is 0 Å². The van der Waals surface area contributed by atoms with Gasteiger partial charge in [-0.15, -0.1) is 11.3 Å². The summed E-state index contributed by atoms with van der Waals surface area (Å²) in [5.74, 6) is -0.329. The van der Waals surface area contributed by atoms with Crippen molar-refractivity contribution in [3.05, 3.63) is 92.8 Å². The lowest BCUT2D eigenvalue weighted by molar-refractivity contribution is -0.113. The molecule has 0 fully saturated rings. The Kier molecular flexibility index (Phi) is 6.55. The average molecular weight is 460 g/mol. The number of hydrogen-bond acceptors (Lipinski definition) is 5. The second kappa shape index (κ2) is 9.70. The van der Waals surface area contributed by atoms with Crippen LogP contribution in [0.2, 0.25) is 0 Å². The molecule has 2 aromatic carbocycles. The molecule has 0 radical (unpaired) electrons. The quantitative estimate of drug-likeness (QED) is 0.266. The van der Waals surface area contributed by atoms with E-state index in [9.17, 15) is 9.59 Å². The molecule has 7 nitrogen and oxygen atoms in total. The summed E-state index contributed by atoms with van der Waals surface area (Å²) in [5, 5.41) is 18.0. The van der Waals surface area contributed by atoms with Gasteiger partial charge in [0, 0.05) is 33.7 Å². The van der Waals surface area contributed by atoms with E-state index in [0.717, 1.165) is 23.9 Å². The number of nitrogens with one attached hydrogen (secondary N) is 4. The molecule has 0 bridgehead atoms. The van der Waals surface area contributed by atoms with E-state index in [1.165, 1.54) is 22.5 Å². The van der Waals surface area contributed by atoms with Crippen molar-refractivity contribution in [2.45, 2.75) is 25.8 Å². The van der Waals surface area contributed by atoms with Crippen LogP contribution in [0.5, 0.6) is 0 Å². The molecule has 168 valence electrons. The van der Waals surface area contributed by atoms with Crippen LogP contribution < -0.4 is 21.7 Å². The molecule has 8 heteroatoms. The number of allylic oxidation sites excluding steroid dienone is 1. The normalized spacial score (nSPS) is 15.5. The SMILES string of the molecule is CC1=C(C(=O)Nc2ccc(N)c(C=N)c2)C(c2cc(CCc3ccccc3)cs2)NC(=O)N1. The van der Waals surface area contributed by atoms with Gasteiger partial charge in [0.15, 0.2) is 0 Å². The predicted octanol–water partition coefficient (Wildman–Crippen LogP) is 4.38. The van der Waals surface area contributed by atoms with Crippen LogP contribution in [-0.4, -0.2) is 18.2 Å². The summed E-state index contributed by atoms with van der Waals surface area (Å²) in [6, 6.07) is 16.4. The van der Waals surface area contributed by atoms with Crippen LogP contribution in [-0.2, 0) is 17.6 Å². The van der Waals surface area contributed by atoms with Gasteiger partial charge in [-0.3, -0.25) is 4.79 Å². The first kappa shape index (κ1) is 22.3. The molecule has 1 atom stereocenters. The fraction of sp³-hybridized carbons (Fsp3) is 0.160. The average Bonchev–Trinajstić information content (AvgIpc) is 3.28. The molecule has 3 aromatic rings. The van der Waals surface area contributed by atoms with E-state index in [1.54, 1.807) is 25.1 Å². The van der Waals surface area contributed by atoms with Gasteiger partial charge in [-0.2, -0.15) is 0 Å². The minimum atomic E-state index is -0.551. The number of nitrogen functional groups attached to an aromatic ring is 1. The summed E-state index contributed by atoms with van der Waals surface area (Å²) in [6.07, 6.45) is 2.94. The molecule has 1 unspecified atom stereocenters. The number of amides is 3. The molecule has 6 N–H and O–H groups in total. The van der Waals surface area contributed by atoms with Crippen LogP contribution >= 0.6 is 11.3 Å². The molecule has 1 aromatic heterocycles. The van der Waals surface area contributed by atoms with Gasteiger partial charge in [-0.25, -0.2) is 4.79 Å². The second-order valence-corrected chi connectivity index (χ2v) is 8.80. The molecular weight excluding hydrogens is 434 g/mol. The van der Waals surface area contributed by atoms with Crippen LogP contribution in [0.15, 0.2) is 71.2 Å². The third-order valence-electron chi connectivity index (χ3n) is 5.52. The molecule has 33 heavy (non-hydrogen) atoms. The monoisotopic (exact) mass is 459 g/mol. The van der Waals surface area contributed by atoms with Gasteiger partial charge < -0.3 is 27.1 Å². The zero-order valence-electron chi connectivity index (χ0n) is 18.1. The van der Waals surface area contributed by atoms with Crippen molar-refractivity contribution in [3.63, 3.8) is 0 Å². The third-order valence-corrected chi connectivity index (χ3v) is 6.56. The Morgan fingerprint density at radius 3 is 2.67 bits per heavy atom. The van der Waals surface area contributed by atoms with E-state index in [2.05, 4.69) is 39.5 Å². The summed E-state index contributed by atoms with van der Waals surface area (Å²) in [4.78, 5) is 26.3. The predicted molar refractivity (Wildman–Crippen MR) is 133 cm³/mol. The highest BCUT2D eigenvalue weighted by Gasteiger charge is 2.32. The fourth-order valence-electron chi connectivity index (χ4n) is 3.79. The number of urea groups is 1. The fourth-order valence-corrected chi connectivity index (χ4v) is 4.80. The maximum Gasteiger partial charge on any atom is 0.319 e. The summed E-state index contributed by atoms with van der Waals surface area (Å²) < 4.78 is 0. The highest BCUT2D eigenvalue weighted by molar-refractivity contribution is 7.10. The largest absolute Gasteiger partial charge is 0.398 e. The van der Waals surface area contributed by atoms with Crippen molar-refractivity contribution >= 4 is 40.9 Å². The van der Waals surface area contributed by atoms with Gasteiger partial charge in [0.05, 0.1) is 11.6 Å². The van der Waals surface area contributed by atoms with Crippen molar-refractivity contribution in [1.82, 2.24) is 10.6 Å². The van der Waals surface area contributed by atoms with Crippen molar-refractivity contribution in [2.24, 2.45) is 0 Å². The highest BCUT2D eigenvalue weighted by Crippen LogP contribution is 2.32. The third kappa shape index (κ3) is 5.12. The first-order valence-electron chi connectivity index (χ1n) is 10.6. The molecule has 0 saturated carbocycles. The van der Waals surface area contributed by atoms with E-state index in [1.807, 2.05) is 18.2 Å². The second-order valence-electron chi connectivity index (χ2n) is 7.86. The topological polar surface area (TPSA) is 120 Å². The summed E-state index contributed by atoms with van der Waals surface area (Å²) >= 11 is 1.53. The van der Waals surface area contributed by atoms with Crippen LogP contribution in [0.25, 0.3) is 0 Å². The Bertz CT molecular complexity index is 1230. The molecule has 0 saturated heterocycles. The van der Waals surface area contributed by atoms with Gasteiger partial charge in [0.2, 0.25) is 0 Å². The Morgan fingerprint density at radius 1 is 1.15 bits per heavy atom. The van der Waals surface area contributed by atoms with E-state index in [-0.39, 0.29) is 11.9 Å². The molecule has 4 rings (SSSR count). The van der Waals surface area contributed by atoms with Gasteiger partial charge in [0.25, 0.3) is 5.91 Å². The number of rotatable bonds is 7. The van der Waals surface area contributed by atoms with E-state index in [4.69, 9.17) is 11.1 Å². The molecule has 0 aliphatic carbocycles. The lowest BCUT2D eigenvalue weighted by Gasteiger charge is -2.27. The number of thiophene rings is 1. The first-order chi connectivity index (χ1) is 15.9. The summed E-state index contributed by atoms with van der Waals surface area (Å²) in [7, 11) is 0. The molecule has 1 aliphatic rings. The minimum absolute atomic E-state index is 0.329. The number of nitrogens with two attached hydrogens (primary N) is 1. The van der Waals surface area contributed by atoms with E-state index >= 15 is 0 Å². The Morgan fingerprint density at radius 2 is 1.91 bits per heavy atom. The molecule has 3 amide bonds. The highest BCUT2D eigenvalue weighted by atomic mass is 32.1. The zero-order valence-corrected chi connectivity index (χ0v) is 19.0. The lowest BCUT2D eigenvalue weighted by Crippen LogP contribution is -2.45. The number of benzene rings is 2. The maximum atomic E-state index is 13.2. The smallest absolute Gasteiger partial charge is 0.319 e. The van der Waals surface area contributed by atoms with Crippen molar-refractivity contribution < 1.29 is 9.59 Å². The van der Waals surface area contributed by atoms with Crippen LogP contribution in [0.1, 0.15) is 34.5 Å². The molecular formula is C25H25N5O2S. The van der Waals surface area contributed by atoms with Gasteiger partial charge in [-0.1, -0.05) is 30.3 Å². The van der Waals surface area contributed by atoms with Crippen molar-refractivity contribution in [3.8, 4) is 0 Å². The molecule has 0 spiro atoms. The zero-order chi connectivity index (χ0) is 23.4. The van der Waals surface area contributed by atoms with E-state index < -0.39 is 6.04 Å².